The molecule has 0 radical (unpaired) electrons. The highest BCUT2D eigenvalue weighted by Crippen LogP contribution is 2.33. The molecule has 0 aromatic rings. The zero-order chi connectivity index (χ0) is 29.7. The van der Waals surface area contributed by atoms with Crippen LogP contribution < -0.4 is 10.6 Å². The number of carbonyl (C=O) groups is 6. The zero-order valence-electron chi connectivity index (χ0n) is 21.1. The molecular weight excluding hydrogens is 533 g/mol. The normalized spacial score (nSPS) is 30.4. The van der Waals surface area contributed by atoms with Crippen LogP contribution in [0.25, 0.3) is 0 Å². The van der Waals surface area contributed by atoms with Gasteiger partial charge in [0, 0.05) is 38.8 Å². The summed E-state index contributed by atoms with van der Waals surface area (Å²) in [5, 5.41) is 54.4. The van der Waals surface area contributed by atoms with Crippen molar-refractivity contribution in [3.63, 3.8) is 0 Å². The Balaban J connectivity index is 1.85. The second kappa shape index (κ2) is 13.2. The van der Waals surface area contributed by atoms with Gasteiger partial charge in [-0.15, -0.1) is 0 Å². The van der Waals surface area contributed by atoms with E-state index < -0.39 is 85.1 Å². The molecule has 0 saturated carbocycles. The first kappa shape index (κ1) is 32.0. The number of esters is 1. The molecule has 0 spiro atoms. The Kier molecular flexibility index (Phi) is 10.8. The lowest BCUT2D eigenvalue weighted by Crippen LogP contribution is -2.72. The van der Waals surface area contributed by atoms with Gasteiger partial charge in [-0.2, -0.15) is 0 Å². The molecule has 2 saturated heterocycles. The van der Waals surface area contributed by atoms with Crippen LogP contribution in [0.5, 0.6) is 0 Å². The van der Waals surface area contributed by atoms with E-state index in [9.17, 15) is 53.6 Å². The third kappa shape index (κ3) is 7.66. The number of carbonyl (C=O) groups excluding carboxylic acids is 5. The predicted octanol–water partition coefficient (Wildman–Crippen LogP) is -4.08. The highest BCUT2D eigenvalue weighted by Gasteiger charge is 2.61. The van der Waals surface area contributed by atoms with Crippen molar-refractivity contribution in [1.82, 2.24) is 15.5 Å². The largest absolute Gasteiger partial charge is 0.477 e. The number of nitrogens with zero attached hydrogens (tertiary/aromatic N) is 1. The fourth-order valence-corrected chi connectivity index (χ4v) is 4.07. The summed E-state index contributed by atoms with van der Waals surface area (Å²) in [7, 11) is 0. The summed E-state index contributed by atoms with van der Waals surface area (Å²) in [6.45, 7) is 1.59. The summed E-state index contributed by atoms with van der Waals surface area (Å²) in [5.74, 6) is -9.43. The smallest absolute Gasteiger partial charge is 0.367 e. The third-order valence-electron chi connectivity index (χ3n) is 6.22. The minimum atomic E-state index is -3.63. The molecule has 2 heterocycles. The minimum Gasteiger partial charge on any atom is -0.477 e. The molecule has 3 unspecified atom stereocenters. The standard InChI is InChI=1S/C22H32FN3O13/c1-9-7-13(30)26(20(9)34)6-5-24-12(29)3-4-14(31)38-8-11(28)16(32)18-15(25-10(2)27)17(33)19(23)22(37,39-18)21(35)36/h9,11,15-19,28,32-33,37H,3-8H2,1-2H3,(H,24,29)(H,25,27)(H,35,36)/t9?,11-,15-,16-,17-,18-,19?,22?/m1/s1. The van der Waals surface area contributed by atoms with E-state index in [1.165, 1.54) is 0 Å². The van der Waals surface area contributed by atoms with Gasteiger partial charge in [0.15, 0.2) is 6.17 Å². The van der Waals surface area contributed by atoms with Crippen LogP contribution in [0.4, 0.5) is 4.39 Å². The number of alkyl halides is 1. The number of likely N-dealkylation sites (tertiary alicyclic amines) is 1. The summed E-state index contributed by atoms with van der Waals surface area (Å²) in [6.07, 6.45) is -12.3. The Morgan fingerprint density at radius 1 is 1.23 bits per heavy atom. The zero-order valence-corrected chi connectivity index (χ0v) is 21.1. The number of hydrogen-bond acceptors (Lipinski definition) is 12. The second-order valence-corrected chi connectivity index (χ2v) is 9.28. The van der Waals surface area contributed by atoms with Gasteiger partial charge < -0.3 is 45.6 Å². The molecule has 0 bridgehead atoms. The molecule has 0 aromatic carbocycles. The summed E-state index contributed by atoms with van der Waals surface area (Å²) in [5.41, 5.74) is 0. The molecule has 16 nitrogen and oxygen atoms in total. The summed E-state index contributed by atoms with van der Waals surface area (Å²) in [4.78, 5) is 71.3. The fourth-order valence-electron chi connectivity index (χ4n) is 4.07. The molecule has 8 atom stereocenters. The van der Waals surface area contributed by atoms with E-state index in [0.717, 1.165) is 11.8 Å². The van der Waals surface area contributed by atoms with E-state index in [1.54, 1.807) is 6.92 Å². The highest BCUT2D eigenvalue weighted by molar-refractivity contribution is 6.03. The van der Waals surface area contributed by atoms with Gasteiger partial charge in [-0.1, -0.05) is 6.92 Å². The lowest BCUT2D eigenvalue weighted by atomic mass is 9.87. The first-order chi connectivity index (χ1) is 18.1. The lowest BCUT2D eigenvalue weighted by Gasteiger charge is -2.46. The van der Waals surface area contributed by atoms with Crippen LogP contribution in [0, 0.1) is 5.92 Å². The van der Waals surface area contributed by atoms with Gasteiger partial charge in [-0.3, -0.25) is 28.9 Å². The average molecular weight is 566 g/mol. The third-order valence-corrected chi connectivity index (χ3v) is 6.22. The molecule has 2 aliphatic rings. The molecule has 17 heteroatoms. The van der Waals surface area contributed by atoms with Gasteiger partial charge in [-0.05, 0) is 0 Å². The maximum Gasteiger partial charge on any atom is 0.367 e. The van der Waals surface area contributed by atoms with E-state index >= 15 is 0 Å². The predicted molar refractivity (Wildman–Crippen MR) is 122 cm³/mol. The molecule has 2 rings (SSSR count). The number of aliphatic hydroxyl groups excluding tert-OH is 3. The van der Waals surface area contributed by atoms with Crippen molar-refractivity contribution >= 4 is 35.6 Å². The lowest BCUT2D eigenvalue weighted by molar-refractivity contribution is -0.320. The molecular formula is C22H32FN3O13. The molecule has 0 aromatic heterocycles. The van der Waals surface area contributed by atoms with Crippen LogP contribution in [-0.2, 0) is 38.2 Å². The van der Waals surface area contributed by atoms with Crippen LogP contribution >= 0.6 is 0 Å². The van der Waals surface area contributed by atoms with E-state index in [1.807, 2.05) is 5.32 Å². The molecule has 7 N–H and O–H groups in total. The number of imide groups is 1. The number of carboxylic acid groups (broad SMARTS) is 1. The van der Waals surface area contributed by atoms with Crippen molar-refractivity contribution in [2.75, 3.05) is 19.7 Å². The number of rotatable bonds is 12. The van der Waals surface area contributed by atoms with Gasteiger partial charge in [0.1, 0.15) is 31.0 Å². The van der Waals surface area contributed by atoms with Crippen LogP contribution in [0.15, 0.2) is 0 Å². The second-order valence-electron chi connectivity index (χ2n) is 9.28. The number of ether oxygens (including phenoxy) is 2. The van der Waals surface area contributed by atoms with Gasteiger partial charge in [0.25, 0.3) is 0 Å². The minimum absolute atomic E-state index is 0.0279. The van der Waals surface area contributed by atoms with Crippen molar-refractivity contribution < 1.29 is 68.2 Å². The van der Waals surface area contributed by atoms with E-state index in [-0.39, 0.29) is 37.7 Å². The molecule has 39 heavy (non-hydrogen) atoms. The van der Waals surface area contributed by atoms with E-state index in [2.05, 4.69) is 5.32 Å². The molecule has 2 aliphatic heterocycles. The van der Waals surface area contributed by atoms with E-state index in [0.29, 0.717) is 0 Å². The first-order valence-corrected chi connectivity index (χ1v) is 12.0. The Morgan fingerprint density at radius 3 is 2.41 bits per heavy atom. The highest BCUT2D eigenvalue weighted by atomic mass is 19.1. The van der Waals surface area contributed by atoms with Crippen LogP contribution in [0.1, 0.15) is 33.1 Å². The van der Waals surface area contributed by atoms with E-state index in [4.69, 9.17) is 14.6 Å². The molecule has 4 amide bonds. The van der Waals surface area contributed by atoms with Gasteiger partial charge in [-0.25, -0.2) is 9.18 Å². The van der Waals surface area contributed by atoms with Crippen molar-refractivity contribution in [3.05, 3.63) is 0 Å². The Morgan fingerprint density at radius 2 is 1.87 bits per heavy atom. The molecule has 220 valence electrons. The Bertz CT molecular complexity index is 981. The van der Waals surface area contributed by atoms with Crippen molar-refractivity contribution in [2.24, 2.45) is 5.92 Å². The SMILES string of the molecule is CC(=O)N[C@H]1[C@H]([C@H](O)[C@H](O)COC(=O)CCC(=O)NCCN2C(=O)CC(C)C2=O)OC(O)(C(=O)O)C(F)[C@@H]1O. The van der Waals surface area contributed by atoms with Gasteiger partial charge >= 0.3 is 17.7 Å². The summed E-state index contributed by atoms with van der Waals surface area (Å²) in [6, 6.07) is -1.81. The summed E-state index contributed by atoms with van der Waals surface area (Å²) >= 11 is 0. The van der Waals surface area contributed by atoms with Crippen LogP contribution in [-0.4, -0.2) is 128 Å². The topological polar surface area (TPSA) is 249 Å². The van der Waals surface area contributed by atoms with Crippen molar-refractivity contribution in [3.8, 4) is 0 Å². The number of halogens is 1. The van der Waals surface area contributed by atoms with Crippen LogP contribution in [0.3, 0.4) is 0 Å². The fraction of sp³-hybridized carbons (Fsp3) is 0.727. The maximum absolute atomic E-state index is 14.4. The Hall–Kier alpha value is -3.25. The van der Waals surface area contributed by atoms with Gasteiger partial charge in [0.2, 0.25) is 23.6 Å². The number of carboxylic acids is 1. The molecule has 2 fully saturated rings. The Labute approximate surface area is 221 Å². The summed E-state index contributed by atoms with van der Waals surface area (Å²) < 4.78 is 23.9. The number of aliphatic hydroxyl groups is 4. The number of hydrogen-bond donors (Lipinski definition) is 7. The van der Waals surface area contributed by atoms with Crippen LogP contribution in [0.2, 0.25) is 0 Å². The number of amides is 4. The molecule has 0 aliphatic carbocycles. The number of aliphatic carboxylic acids is 1. The monoisotopic (exact) mass is 565 g/mol. The van der Waals surface area contributed by atoms with Crippen molar-refractivity contribution in [1.29, 1.82) is 0 Å². The van der Waals surface area contributed by atoms with Gasteiger partial charge in [0.05, 0.1) is 12.5 Å². The quantitative estimate of drug-likeness (QED) is 0.0879. The average Bonchev–Trinajstić information content (AvgIpc) is 3.11. The number of nitrogens with one attached hydrogen (secondary N) is 2. The first-order valence-electron chi connectivity index (χ1n) is 12.0. The van der Waals surface area contributed by atoms with Crippen molar-refractivity contribution in [2.45, 2.75) is 75.5 Å². The maximum atomic E-state index is 14.4.